The molecule has 0 radical (unpaired) electrons. The molecule has 2 aromatic rings. The molecule has 0 atom stereocenters. The molecule has 0 fully saturated rings. The minimum atomic E-state index is -0.440. The molecule has 0 saturated carbocycles. The lowest BCUT2D eigenvalue weighted by molar-refractivity contribution is 0.281. The molecule has 2 N–H and O–H groups in total. The SMILES string of the molecule is CCn1c(Sc2ccc(CO)cc2F)n[nH]c1=O. The van der Waals surface area contributed by atoms with Crippen molar-refractivity contribution in [3.05, 3.63) is 40.1 Å². The molecule has 0 saturated heterocycles. The Hall–Kier alpha value is -1.60. The second-order valence-electron chi connectivity index (χ2n) is 3.58. The van der Waals surface area contributed by atoms with Crippen molar-refractivity contribution in [2.24, 2.45) is 0 Å². The lowest BCUT2D eigenvalue weighted by atomic mass is 10.2. The lowest BCUT2D eigenvalue weighted by Gasteiger charge is -2.04. The molecule has 0 bridgehead atoms. The molecule has 1 heterocycles. The quantitative estimate of drug-likeness (QED) is 0.879. The fraction of sp³-hybridized carbons (Fsp3) is 0.273. The molecule has 1 aromatic heterocycles. The van der Waals surface area contributed by atoms with Crippen LogP contribution in [0.5, 0.6) is 0 Å². The highest BCUT2D eigenvalue weighted by Crippen LogP contribution is 2.28. The summed E-state index contributed by atoms with van der Waals surface area (Å²) in [6.07, 6.45) is 0. The van der Waals surface area contributed by atoms with E-state index in [-0.39, 0.29) is 12.3 Å². The molecular weight excluding hydrogens is 257 g/mol. The summed E-state index contributed by atoms with van der Waals surface area (Å²) in [5, 5.41) is 15.5. The number of benzene rings is 1. The Morgan fingerprint density at radius 2 is 2.33 bits per heavy atom. The zero-order valence-electron chi connectivity index (χ0n) is 9.68. The second kappa shape index (κ2) is 5.36. The highest BCUT2D eigenvalue weighted by molar-refractivity contribution is 7.99. The predicted molar refractivity (Wildman–Crippen MR) is 65.0 cm³/mol. The Morgan fingerprint density at radius 3 is 2.94 bits per heavy atom. The van der Waals surface area contributed by atoms with Crippen LogP contribution >= 0.6 is 11.8 Å². The van der Waals surface area contributed by atoms with Gasteiger partial charge in [-0.25, -0.2) is 14.3 Å². The van der Waals surface area contributed by atoms with Crippen molar-refractivity contribution in [3.8, 4) is 0 Å². The first-order valence-corrected chi connectivity index (χ1v) is 6.19. The van der Waals surface area contributed by atoms with Crippen LogP contribution in [-0.4, -0.2) is 19.9 Å². The zero-order chi connectivity index (χ0) is 13.1. The third-order valence-electron chi connectivity index (χ3n) is 2.42. The van der Waals surface area contributed by atoms with Gasteiger partial charge in [-0.3, -0.25) is 4.57 Å². The molecular formula is C11H12FN3O2S. The smallest absolute Gasteiger partial charge is 0.343 e. The van der Waals surface area contributed by atoms with Gasteiger partial charge < -0.3 is 5.11 Å². The molecule has 0 amide bonds. The van der Waals surface area contributed by atoms with Crippen LogP contribution in [0, 0.1) is 5.82 Å². The summed E-state index contributed by atoms with van der Waals surface area (Å²) >= 11 is 1.07. The standard InChI is InChI=1S/C11H12FN3O2S/c1-2-15-10(17)13-14-11(15)18-9-4-3-7(6-16)5-8(9)12/h3-5,16H,2,6H2,1H3,(H,13,17). The van der Waals surface area contributed by atoms with Crippen LogP contribution in [0.15, 0.2) is 33.0 Å². The van der Waals surface area contributed by atoms with Crippen LogP contribution in [0.3, 0.4) is 0 Å². The minimum Gasteiger partial charge on any atom is -0.392 e. The summed E-state index contributed by atoms with van der Waals surface area (Å²) in [4.78, 5) is 11.7. The van der Waals surface area contributed by atoms with Gasteiger partial charge in [0.15, 0.2) is 5.16 Å². The van der Waals surface area contributed by atoms with Gasteiger partial charge in [0.1, 0.15) is 5.82 Å². The molecule has 96 valence electrons. The number of H-pyrrole nitrogens is 1. The topological polar surface area (TPSA) is 70.9 Å². The third kappa shape index (κ3) is 2.46. The van der Waals surface area contributed by atoms with E-state index in [1.165, 1.54) is 10.6 Å². The van der Waals surface area contributed by atoms with Gasteiger partial charge in [-0.15, -0.1) is 5.10 Å². The average Bonchev–Trinajstić information content (AvgIpc) is 2.72. The summed E-state index contributed by atoms with van der Waals surface area (Å²) in [6, 6.07) is 4.46. The van der Waals surface area contributed by atoms with Crippen LogP contribution in [0.2, 0.25) is 0 Å². The van der Waals surface area contributed by atoms with Crippen LogP contribution in [0.25, 0.3) is 0 Å². The summed E-state index contributed by atoms with van der Waals surface area (Å²) < 4.78 is 15.1. The highest BCUT2D eigenvalue weighted by Gasteiger charge is 2.11. The first kappa shape index (κ1) is 12.8. The molecule has 7 heteroatoms. The lowest BCUT2D eigenvalue weighted by Crippen LogP contribution is -2.16. The molecule has 1 aromatic carbocycles. The maximum absolute atomic E-state index is 13.7. The van der Waals surface area contributed by atoms with E-state index in [2.05, 4.69) is 10.2 Å². The Bertz CT molecular complexity index is 609. The van der Waals surface area contributed by atoms with Crippen LogP contribution < -0.4 is 5.69 Å². The number of hydrogen-bond acceptors (Lipinski definition) is 4. The fourth-order valence-electron chi connectivity index (χ4n) is 1.48. The molecule has 0 aliphatic rings. The Kier molecular flexibility index (Phi) is 3.83. The first-order valence-electron chi connectivity index (χ1n) is 5.38. The Balaban J connectivity index is 2.31. The van der Waals surface area contributed by atoms with Crippen molar-refractivity contribution in [1.82, 2.24) is 14.8 Å². The van der Waals surface area contributed by atoms with Gasteiger partial charge in [-0.1, -0.05) is 6.07 Å². The summed E-state index contributed by atoms with van der Waals surface area (Å²) in [6.45, 7) is 2.07. The fourth-order valence-corrected chi connectivity index (χ4v) is 2.39. The number of rotatable bonds is 4. The van der Waals surface area contributed by atoms with Crippen LogP contribution in [0.4, 0.5) is 4.39 Å². The van der Waals surface area contributed by atoms with Crippen molar-refractivity contribution in [2.45, 2.75) is 30.1 Å². The van der Waals surface area contributed by atoms with E-state index in [4.69, 9.17) is 5.11 Å². The monoisotopic (exact) mass is 269 g/mol. The van der Waals surface area contributed by atoms with Gasteiger partial charge in [0.2, 0.25) is 0 Å². The highest BCUT2D eigenvalue weighted by atomic mass is 32.2. The normalized spacial score (nSPS) is 10.8. The number of nitrogens with zero attached hydrogens (tertiary/aromatic N) is 2. The van der Waals surface area contributed by atoms with Crippen molar-refractivity contribution < 1.29 is 9.50 Å². The van der Waals surface area contributed by atoms with E-state index in [1.807, 2.05) is 6.92 Å². The zero-order valence-corrected chi connectivity index (χ0v) is 10.5. The molecule has 2 rings (SSSR count). The predicted octanol–water partition coefficient (Wildman–Crippen LogP) is 1.37. The van der Waals surface area contributed by atoms with E-state index < -0.39 is 5.82 Å². The van der Waals surface area contributed by atoms with Crippen molar-refractivity contribution >= 4 is 11.8 Å². The van der Waals surface area contributed by atoms with Crippen LogP contribution in [0.1, 0.15) is 12.5 Å². The van der Waals surface area contributed by atoms with E-state index in [0.29, 0.717) is 22.2 Å². The molecule has 0 spiro atoms. The number of halogens is 1. The molecule has 18 heavy (non-hydrogen) atoms. The number of nitrogens with one attached hydrogen (secondary N) is 1. The van der Waals surface area contributed by atoms with Gasteiger partial charge in [0.05, 0.1) is 11.5 Å². The first-order chi connectivity index (χ1) is 8.65. The number of aliphatic hydroxyl groups excluding tert-OH is 1. The largest absolute Gasteiger partial charge is 0.392 e. The van der Waals surface area contributed by atoms with E-state index in [0.717, 1.165) is 11.8 Å². The van der Waals surface area contributed by atoms with Crippen LogP contribution in [-0.2, 0) is 13.2 Å². The molecule has 0 aliphatic heterocycles. The molecule has 0 aliphatic carbocycles. The Labute approximate surface area is 107 Å². The number of aromatic amines is 1. The Morgan fingerprint density at radius 1 is 1.56 bits per heavy atom. The average molecular weight is 269 g/mol. The maximum atomic E-state index is 13.7. The summed E-state index contributed by atoms with van der Waals surface area (Å²) in [5.74, 6) is -0.440. The third-order valence-corrected chi connectivity index (χ3v) is 3.46. The van der Waals surface area contributed by atoms with Crippen molar-refractivity contribution in [2.75, 3.05) is 0 Å². The molecule has 5 nitrogen and oxygen atoms in total. The van der Waals surface area contributed by atoms with Gasteiger partial charge in [-0.2, -0.15) is 0 Å². The summed E-state index contributed by atoms with van der Waals surface area (Å²) in [5.41, 5.74) is 0.194. The van der Waals surface area contributed by atoms with E-state index in [9.17, 15) is 9.18 Å². The van der Waals surface area contributed by atoms with Gasteiger partial charge in [0.25, 0.3) is 0 Å². The maximum Gasteiger partial charge on any atom is 0.343 e. The van der Waals surface area contributed by atoms with Crippen molar-refractivity contribution in [1.29, 1.82) is 0 Å². The van der Waals surface area contributed by atoms with Gasteiger partial charge in [-0.05, 0) is 36.4 Å². The van der Waals surface area contributed by atoms with Crippen molar-refractivity contribution in [3.63, 3.8) is 0 Å². The molecule has 0 unspecified atom stereocenters. The number of aliphatic hydroxyl groups is 1. The van der Waals surface area contributed by atoms with Gasteiger partial charge in [0, 0.05) is 6.54 Å². The van der Waals surface area contributed by atoms with E-state index in [1.54, 1.807) is 12.1 Å². The minimum absolute atomic E-state index is 0.204. The number of aromatic nitrogens is 3. The number of hydrogen-bond donors (Lipinski definition) is 2. The van der Waals surface area contributed by atoms with E-state index >= 15 is 0 Å². The summed E-state index contributed by atoms with van der Waals surface area (Å²) in [7, 11) is 0. The van der Waals surface area contributed by atoms with Gasteiger partial charge >= 0.3 is 5.69 Å². The second-order valence-corrected chi connectivity index (χ2v) is 4.59.